The maximum Gasteiger partial charge on any atom is 0.263 e. The van der Waals surface area contributed by atoms with Gasteiger partial charge >= 0.3 is 0 Å². The molecule has 1 atom stereocenters. The summed E-state index contributed by atoms with van der Waals surface area (Å²) in [4.78, 5) is 16.8. The summed E-state index contributed by atoms with van der Waals surface area (Å²) in [5, 5.41) is 0. The van der Waals surface area contributed by atoms with E-state index in [0.29, 0.717) is 12.0 Å². The molecule has 1 saturated heterocycles. The van der Waals surface area contributed by atoms with Crippen LogP contribution in [0.1, 0.15) is 50.7 Å². The largest absolute Gasteiger partial charge is 0.481 e. The molecule has 1 aromatic carbocycles. The molecular weight excluding hydrogens is 300 g/mol. The standard InChI is InChI=1S/C20H32N2O2/c1-14(2)19-8-7-18(13-15(19)3)24-16(4)20(23)22-11-9-17(10-12-22)21(5)6/h7-8,13-14,16-17H,9-12H2,1-6H3. The van der Waals surface area contributed by atoms with Crippen molar-refractivity contribution in [3.63, 3.8) is 0 Å². The van der Waals surface area contributed by atoms with E-state index in [9.17, 15) is 4.79 Å². The number of carbonyl (C=O) groups excluding carboxylic acids is 1. The first-order valence-corrected chi connectivity index (χ1v) is 9.02. The summed E-state index contributed by atoms with van der Waals surface area (Å²) in [6, 6.07) is 6.70. The van der Waals surface area contributed by atoms with E-state index in [1.807, 2.05) is 24.0 Å². The third kappa shape index (κ3) is 4.50. The molecule has 0 saturated carbocycles. The van der Waals surface area contributed by atoms with E-state index in [0.717, 1.165) is 31.7 Å². The van der Waals surface area contributed by atoms with Gasteiger partial charge in [0.05, 0.1) is 0 Å². The van der Waals surface area contributed by atoms with Gasteiger partial charge in [0, 0.05) is 19.1 Å². The van der Waals surface area contributed by atoms with Gasteiger partial charge in [0.2, 0.25) is 0 Å². The molecule has 2 rings (SSSR count). The molecule has 24 heavy (non-hydrogen) atoms. The van der Waals surface area contributed by atoms with Crippen LogP contribution in [-0.2, 0) is 4.79 Å². The van der Waals surface area contributed by atoms with Crippen molar-refractivity contribution in [3.05, 3.63) is 29.3 Å². The van der Waals surface area contributed by atoms with E-state index in [1.165, 1.54) is 11.1 Å². The molecule has 0 radical (unpaired) electrons. The molecule has 1 aliphatic heterocycles. The minimum Gasteiger partial charge on any atom is -0.481 e. The summed E-state index contributed by atoms with van der Waals surface area (Å²) >= 11 is 0. The Kier molecular flexibility index (Phi) is 6.27. The van der Waals surface area contributed by atoms with Gasteiger partial charge in [-0.1, -0.05) is 19.9 Å². The van der Waals surface area contributed by atoms with Crippen LogP contribution in [0.3, 0.4) is 0 Å². The Hall–Kier alpha value is -1.55. The number of amides is 1. The molecule has 0 aromatic heterocycles. The van der Waals surface area contributed by atoms with Crippen molar-refractivity contribution in [2.75, 3.05) is 27.2 Å². The number of rotatable bonds is 5. The van der Waals surface area contributed by atoms with Crippen molar-refractivity contribution in [3.8, 4) is 5.75 Å². The van der Waals surface area contributed by atoms with E-state index < -0.39 is 6.10 Å². The fraction of sp³-hybridized carbons (Fsp3) is 0.650. The fourth-order valence-electron chi connectivity index (χ4n) is 3.48. The smallest absolute Gasteiger partial charge is 0.263 e. The van der Waals surface area contributed by atoms with Gasteiger partial charge in [-0.15, -0.1) is 0 Å². The zero-order chi connectivity index (χ0) is 17.9. The third-order valence-electron chi connectivity index (χ3n) is 5.03. The molecule has 1 heterocycles. The quantitative estimate of drug-likeness (QED) is 0.828. The van der Waals surface area contributed by atoms with E-state index in [1.54, 1.807) is 0 Å². The van der Waals surface area contributed by atoms with Crippen molar-refractivity contribution in [2.24, 2.45) is 0 Å². The summed E-state index contributed by atoms with van der Waals surface area (Å²) in [6.45, 7) is 9.97. The number of hydrogen-bond donors (Lipinski definition) is 0. The Morgan fingerprint density at radius 2 is 1.83 bits per heavy atom. The molecule has 4 heteroatoms. The molecule has 4 nitrogen and oxygen atoms in total. The van der Waals surface area contributed by atoms with Crippen LogP contribution in [0.2, 0.25) is 0 Å². The predicted octanol–water partition coefficient (Wildman–Crippen LogP) is 3.44. The lowest BCUT2D eigenvalue weighted by molar-refractivity contribution is -0.139. The van der Waals surface area contributed by atoms with Gasteiger partial charge in [-0.3, -0.25) is 4.79 Å². The molecule has 1 aromatic rings. The third-order valence-corrected chi connectivity index (χ3v) is 5.03. The topological polar surface area (TPSA) is 32.8 Å². The van der Waals surface area contributed by atoms with Gasteiger partial charge in [0.1, 0.15) is 5.75 Å². The number of aryl methyl sites for hydroxylation is 1. The maximum absolute atomic E-state index is 12.6. The zero-order valence-electron chi connectivity index (χ0n) is 16.0. The molecule has 1 aliphatic rings. The van der Waals surface area contributed by atoms with Crippen LogP contribution in [0.25, 0.3) is 0 Å². The lowest BCUT2D eigenvalue weighted by Gasteiger charge is -2.36. The highest BCUT2D eigenvalue weighted by molar-refractivity contribution is 5.81. The van der Waals surface area contributed by atoms with Crippen LogP contribution in [0, 0.1) is 6.92 Å². The van der Waals surface area contributed by atoms with Gasteiger partial charge in [-0.25, -0.2) is 0 Å². The van der Waals surface area contributed by atoms with Gasteiger partial charge in [-0.2, -0.15) is 0 Å². The van der Waals surface area contributed by atoms with Gasteiger partial charge in [-0.05, 0) is 70.0 Å². The Morgan fingerprint density at radius 1 is 1.21 bits per heavy atom. The highest BCUT2D eigenvalue weighted by atomic mass is 16.5. The number of hydrogen-bond acceptors (Lipinski definition) is 3. The number of benzene rings is 1. The molecule has 0 spiro atoms. The Bertz CT molecular complexity index is 561. The number of ether oxygens (including phenoxy) is 1. The first-order chi connectivity index (χ1) is 11.3. The van der Waals surface area contributed by atoms with Crippen LogP contribution in [0.4, 0.5) is 0 Å². The monoisotopic (exact) mass is 332 g/mol. The number of carbonyl (C=O) groups is 1. The van der Waals surface area contributed by atoms with E-state index in [4.69, 9.17) is 4.74 Å². The summed E-state index contributed by atoms with van der Waals surface area (Å²) in [5.74, 6) is 1.37. The van der Waals surface area contributed by atoms with Crippen LogP contribution in [-0.4, -0.2) is 55.0 Å². The fourth-order valence-corrected chi connectivity index (χ4v) is 3.48. The van der Waals surface area contributed by atoms with E-state index in [-0.39, 0.29) is 5.91 Å². The second-order valence-corrected chi connectivity index (χ2v) is 7.45. The maximum atomic E-state index is 12.6. The van der Waals surface area contributed by atoms with Crippen LogP contribution >= 0.6 is 0 Å². The number of nitrogens with zero attached hydrogens (tertiary/aromatic N) is 2. The summed E-state index contributed by atoms with van der Waals surface area (Å²) in [5.41, 5.74) is 2.54. The molecule has 1 fully saturated rings. The minimum atomic E-state index is -0.440. The molecule has 1 unspecified atom stereocenters. The molecule has 0 aliphatic carbocycles. The average molecular weight is 332 g/mol. The molecular formula is C20H32N2O2. The number of piperidine rings is 1. The van der Waals surface area contributed by atoms with Gasteiger partial charge in [0.25, 0.3) is 5.91 Å². The first kappa shape index (κ1) is 18.8. The van der Waals surface area contributed by atoms with E-state index >= 15 is 0 Å². The van der Waals surface area contributed by atoms with Crippen molar-refractivity contribution in [1.29, 1.82) is 0 Å². The Labute approximate surface area is 146 Å². The minimum absolute atomic E-state index is 0.0952. The van der Waals surface area contributed by atoms with Crippen molar-refractivity contribution >= 4 is 5.91 Å². The van der Waals surface area contributed by atoms with E-state index in [2.05, 4.69) is 45.8 Å². The van der Waals surface area contributed by atoms with Gasteiger partial charge in [0.15, 0.2) is 6.10 Å². The number of likely N-dealkylation sites (tertiary alicyclic amines) is 1. The summed E-state index contributed by atoms with van der Waals surface area (Å²) in [7, 11) is 4.22. The second kappa shape index (κ2) is 8.02. The highest BCUT2D eigenvalue weighted by Crippen LogP contribution is 2.24. The highest BCUT2D eigenvalue weighted by Gasteiger charge is 2.27. The van der Waals surface area contributed by atoms with Crippen molar-refractivity contribution in [1.82, 2.24) is 9.80 Å². The zero-order valence-corrected chi connectivity index (χ0v) is 16.0. The first-order valence-electron chi connectivity index (χ1n) is 9.02. The lowest BCUT2D eigenvalue weighted by Crippen LogP contribution is -2.48. The normalized spacial score (nSPS) is 17.4. The van der Waals surface area contributed by atoms with Crippen LogP contribution in [0.15, 0.2) is 18.2 Å². The predicted molar refractivity (Wildman–Crippen MR) is 98.6 cm³/mol. The Morgan fingerprint density at radius 3 is 2.33 bits per heavy atom. The van der Waals surface area contributed by atoms with Crippen molar-refractivity contribution in [2.45, 2.75) is 58.6 Å². The molecule has 0 bridgehead atoms. The average Bonchev–Trinajstić information content (AvgIpc) is 2.53. The SMILES string of the molecule is Cc1cc(OC(C)C(=O)N2CCC(N(C)C)CC2)ccc1C(C)C. The van der Waals surface area contributed by atoms with Crippen LogP contribution in [0.5, 0.6) is 5.75 Å². The summed E-state index contributed by atoms with van der Waals surface area (Å²) in [6.07, 6.45) is 1.63. The molecule has 1 amide bonds. The Balaban J connectivity index is 1.94. The summed E-state index contributed by atoms with van der Waals surface area (Å²) < 4.78 is 5.92. The second-order valence-electron chi connectivity index (χ2n) is 7.45. The van der Waals surface area contributed by atoms with Gasteiger partial charge < -0.3 is 14.5 Å². The lowest BCUT2D eigenvalue weighted by atomic mass is 9.98. The molecule has 134 valence electrons. The van der Waals surface area contributed by atoms with Crippen molar-refractivity contribution < 1.29 is 9.53 Å². The van der Waals surface area contributed by atoms with Crippen LogP contribution < -0.4 is 4.74 Å². The molecule has 0 N–H and O–H groups in total.